The molecule has 0 spiro atoms. The fraction of sp³-hybridized carbons (Fsp3) is 0.148. The van der Waals surface area contributed by atoms with Crippen LogP contribution in [0.3, 0.4) is 0 Å². The average Bonchev–Trinajstić information content (AvgIpc) is 3.30. The first-order valence-corrected chi connectivity index (χ1v) is 11.1. The van der Waals surface area contributed by atoms with Crippen molar-refractivity contribution in [2.45, 2.75) is 6.54 Å². The van der Waals surface area contributed by atoms with Crippen LogP contribution in [-0.2, 0) is 6.54 Å². The molecule has 9 nitrogen and oxygen atoms in total. The van der Waals surface area contributed by atoms with Crippen LogP contribution in [0.1, 0.15) is 5.56 Å². The van der Waals surface area contributed by atoms with Crippen LogP contribution >= 0.6 is 0 Å². The van der Waals surface area contributed by atoms with Gasteiger partial charge in [0.15, 0.2) is 11.5 Å². The number of nitrogens with zero attached hydrogens (tertiary/aromatic N) is 4. The van der Waals surface area contributed by atoms with E-state index in [0.717, 1.165) is 34.4 Å². The lowest BCUT2D eigenvalue weighted by molar-refractivity contribution is 0.324. The molecule has 0 unspecified atom stereocenters. The van der Waals surface area contributed by atoms with Crippen molar-refractivity contribution in [2.24, 2.45) is 0 Å². The Morgan fingerprint density at radius 3 is 2.31 bits per heavy atom. The molecule has 4 N–H and O–H groups in total. The summed E-state index contributed by atoms with van der Waals surface area (Å²) in [5.41, 5.74) is 4.68. The van der Waals surface area contributed by atoms with Crippen LogP contribution in [0.15, 0.2) is 79.1 Å². The summed E-state index contributed by atoms with van der Waals surface area (Å²) in [7, 11) is 4.76. The molecule has 0 fully saturated rings. The maximum absolute atomic E-state index is 5.48. The predicted octanol–water partition coefficient (Wildman–Crippen LogP) is 5.47. The summed E-state index contributed by atoms with van der Waals surface area (Å²) in [6.07, 6.45) is 3.58. The van der Waals surface area contributed by atoms with Gasteiger partial charge in [0.25, 0.3) is 0 Å². The van der Waals surface area contributed by atoms with Crippen LogP contribution in [-0.4, -0.2) is 41.1 Å². The summed E-state index contributed by atoms with van der Waals surface area (Å²) in [6, 6.07) is 21.9. The number of benzene rings is 3. The SMILES string of the molecule is COc1cc(-c2ccnc(Nc3ccc4c(cnn4Cc4ccccc4)c3)n2)cc(OC)c1OC.N. The van der Waals surface area contributed by atoms with Crippen LogP contribution in [0.5, 0.6) is 17.2 Å². The minimum absolute atomic E-state index is 0. The van der Waals surface area contributed by atoms with Gasteiger partial charge in [-0.25, -0.2) is 9.97 Å². The van der Waals surface area contributed by atoms with Crippen molar-refractivity contribution in [2.75, 3.05) is 26.6 Å². The van der Waals surface area contributed by atoms with Crippen molar-refractivity contribution in [3.8, 4) is 28.5 Å². The summed E-state index contributed by atoms with van der Waals surface area (Å²) in [5, 5.41) is 8.90. The average molecular weight is 485 g/mol. The largest absolute Gasteiger partial charge is 0.493 e. The number of hydrogen-bond acceptors (Lipinski definition) is 8. The molecule has 36 heavy (non-hydrogen) atoms. The van der Waals surface area contributed by atoms with Crippen molar-refractivity contribution < 1.29 is 14.2 Å². The Kier molecular flexibility index (Phi) is 7.31. The van der Waals surface area contributed by atoms with Gasteiger partial charge in [-0.05, 0) is 42.0 Å². The number of anilines is 2. The number of aromatic nitrogens is 4. The molecule has 0 aliphatic rings. The molecule has 0 amide bonds. The highest BCUT2D eigenvalue weighted by Crippen LogP contribution is 2.40. The molecule has 5 rings (SSSR count). The summed E-state index contributed by atoms with van der Waals surface area (Å²) in [5.74, 6) is 2.14. The molecule has 0 bridgehead atoms. The molecule has 9 heteroatoms. The molecule has 3 aromatic carbocycles. The Labute approximate surface area is 209 Å². The third-order valence-corrected chi connectivity index (χ3v) is 5.69. The lowest BCUT2D eigenvalue weighted by Gasteiger charge is -2.14. The van der Waals surface area contributed by atoms with Gasteiger partial charge in [0.05, 0.1) is 45.3 Å². The van der Waals surface area contributed by atoms with Gasteiger partial charge in [0.2, 0.25) is 11.7 Å². The Morgan fingerprint density at radius 2 is 1.61 bits per heavy atom. The first-order valence-electron chi connectivity index (χ1n) is 11.1. The van der Waals surface area contributed by atoms with E-state index in [9.17, 15) is 0 Å². The molecule has 5 aromatic rings. The third-order valence-electron chi connectivity index (χ3n) is 5.69. The minimum Gasteiger partial charge on any atom is -0.493 e. The molecular weight excluding hydrogens is 456 g/mol. The minimum atomic E-state index is 0. The highest BCUT2D eigenvalue weighted by atomic mass is 16.5. The Morgan fingerprint density at radius 1 is 0.861 bits per heavy atom. The van der Waals surface area contributed by atoms with E-state index in [1.165, 1.54) is 5.56 Å². The van der Waals surface area contributed by atoms with E-state index in [-0.39, 0.29) is 6.15 Å². The molecule has 0 saturated heterocycles. The Bertz CT molecular complexity index is 1440. The standard InChI is InChI=1S/C27H25N5O3.H3N/c1-33-24-14-19(15-25(34-2)26(24)35-3)22-11-12-28-27(31-22)30-21-9-10-23-20(13-21)16-29-32(23)17-18-7-5-4-6-8-18;/h4-16H,17H2,1-3H3,(H,28,30,31);1H3. The maximum Gasteiger partial charge on any atom is 0.227 e. The second kappa shape index (κ2) is 10.7. The van der Waals surface area contributed by atoms with E-state index >= 15 is 0 Å². The smallest absolute Gasteiger partial charge is 0.227 e. The number of nitrogens with one attached hydrogen (secondary N) is 1. The van der Waals surface area contributed by atoms with Gasteiger partial charge in [0, 0.05) is 22.8 Å². The Hall–Kier alpha value is -4.63. The van der Waals surface area contributed by atoms with Gasteiger partial charge in [-0.1, -0.05) is 30.3 Å². The summed E-state index contributed by atoms with van der Waals surface area (Å²) >= 11 is 0. The van der Waals surface area contributed by atoms with E-state index in [4.69, 9.17) is 19.2 Å². The second-order valence-corrected chi connectivity index (χ2v) is 7.87. The zero-order valence-electron chi connectivity index (χ0n) is 20.4. The zero-order chi connectivity index (χ0) is 24.2. The first-order chi connectivity index (χ1) is 17.2. The molecule has 0 radical (unpaired) electrons. The second-order valence-electron chi connectivity index (χ2n) is 7.87. The summed E-state index contributed by atoms with van der Waals surface area (Å²) in [6.45, 7) is 0.719. The number of fused-ring (bicyclic) bond motifs is 1. The number of rotatable bonds is 8. The van der Waals surface area contributed by atoms with E-state index in [1.54, 1.807) is 27.5 Å². The Balaban J connectivity index is 0.00000304. The topological polar surface area (TPSA) is 118 Å². The predicted molar refractivity (Wildman–Crippen MR) is 141 cm³/mol. The van der Waals surface area contributed by atoms with Crippen LogP contribution < -0.4 is 25.7 Å². The molecular formula is C27H28N6O3. The third kappa shape index (κ3) is 4.91. The van der Waals surface area contributed by atoms with Gasteiger partial charge in [-0.2, -0.15) is 5.10 Å². The van der Waals surface area contributed by atoms with Gasteiger partial charge in [-0.3, -0.25) is 4.68 Å². The van der Waals surface area contributed by atoms with E-state index < -0.39 is 0 Å². The van der Waals surface area contributed by atoms with Gasteiger partial charge < -0.3 is 25.7 Å². The van der Waals surface area contributed by atoms with E-state index in [2.05, 4.69) is 33.6 Å². The van der Waals surface area contributed by atoms with Crippen molar-refractivity contribution >= 4 is 22.5 Å². The van der Waals surface area contributed by atoms with E-state index in [0.29, 0.717) is 23.2 Å². The van der Waals surface area contributed by atoms with Crippen molar-refractivity contribution in [1.82, 2.24) is 25.9 Å². The maximum atomic E-state index is 5.48. The van der Waals surface area contributed by atoms with Crippen LogP contribution in [0.4, 0.5) is 11.6 Å². The number of methoxy groups -OCH3 is 3. The van der Waals surface area contributed by atoms with Crippen LogP contribution in [0, 0.1) is 0 Å². The molecule has 184 valence electrons. The van der Waals surface area contributed by atoms with Crippen LogP contribution in [0.2, 0.25) is 0 Å². The quantitative estimate of drug-likeness (QED) is 0.297. The molecule has 0 aliphatic heterocycles. The zero-order valence-corrected chi connectivity index (χ0v) is 20.4. The highest BCUT2D eigenvalue weighted by Gasteiger charge is 2.15. The molecule has 2 heterocycles. The fourth-order valence-corrected chi connectivity index (χ4v) is 3.98. The van der Waals surface area contributed by atoms with E-state index in [1.807, 2.05) is 59.4 Å². The molecule has 0 aliphatic carbocycles. The number of ether oxygens (including phenoxy) is 3. The number of hydrogen-bond donors (Lipinski definition) is 2. The highest BCUT2D eigenvalue weighted by molar-refractivity contribution is 5.83. The van der Waals surface area contributed by atoms with Gasteiger partial charge in [-0.15, -0.1) is 0 Å². The fourth-order valence-electron chi connectivity index (χ4n) is 3.98. The lowest BCUT2D eigenvalue weighted by Crippen LogP contribution is -2.01. The molecule has 0 saturated carbocycles. The summed E-state index contributed by atoms with van der Waals surface area (Å²) < 4.78 is 18.4. The molecule has 0 atom stereocenters. The monoisotopic (exact) mass is 484 g/mol. The first kappa shape index (κ1) is 24.5. The summed E-state index contributed by atoms with van der Waals surface area (Å²) in [4.78, 5) is 9.08. The van der Waals surface area contributed by atoms with Gasteiger partial charge in [0.1, 0.15) is 0 Å². The normalized spacial score (nSPS) is 10.5. The van der Waals surface area contributed by atoms with Gasteiger partial charge >= 0.3 is 0 Å². The van der Waals surface area contributed by atoms with Crippen molar-refractivity contribution in [3.63, 3.8) is 0 Å². The molecule has 2 aromatic heterocycles. The van der Waals surface area contributed by atoms with Crippen molar-refractivity contribution in [3.05, 3.63) is 84.7 Å². The lowest BCUT2D eigenvalue weighted by atomic mass is 10.1. The van der Waals surface area contributed by atoms with Crippen LogP contribution in [0.25, 0.3) is 22.2 Å². The van der Waals surface area contributed by atoms with Crippen molar-refractivity contribution in [1.29, 1.82) is 0 Å².